The van der Waals surface area contributed by atoms with Crippen molar-refractivity contribution in [2.75, 3.05) is 11.9 Å². The van der Waals surface area contributed by atoms with E-state index in [1.807, 2.05) is 24.5 Å². The van der Waals surface area contributed by atoms with E-state index in [9.17, 15) is 0 Å². The third-order valence-corrected chi connectivity index (χ3v) is 2.61. The van der Waals surface area contributed by atoms with E-state index < -0.39 is 0 Å². The number of rotatable bonds is 3. The number of nitrogens with one attached hydrogen (secondary N) is 1. The second-order valence-electron chi connectivity index (χ2n) is 5.30. The molecule has 2 rings (SSSR count). The van der Waals surface area contributed by atoms with Crippen LogP contribution >= 0.6 is 0 Å². The molecule has 2 aromatic rings. The molecule has 3 heteroatoms. The van der Waals surface area contributed by atoms with E-state index in [0.29, 0.717) is 5.41 Å². The highest BCUT2D eigenvalue weighted by Gasteiger charge is 2.09. The van der Waals surface area contributed by atoms with Gasteiger partial charge in [0, 0.05) is 18.9 Å². The molecule has 0 fully saturated rings. The summed E-state index contributed by atoms with van der Waals surface area (Å²) < 4.78 is 2.07. The smallest absolute Gasteiger partial charge is 0.138 e. The highest BCUT2D eigenvalue weighted by atomic mass is 15.1. The number of fused-ring (bicyclic) bond motifs is 1. The SMILES string of the molecule is CC(C)(C)CCNc1cccc2nccn12. The number of nitrogens with zero attached hydrogens (tertiary/aromatic N) is 2. The van der Waals surface area contributed by atoms with Gasteiger partial charge in [-0.15, -0.1) is 0 Å². The molecule has 0 atom stereocenters. The number of pyridine rings is 1. The van der Waals surface area contributed by atoms with Gasteiger partial charge in [0.2, 0.25) is 0 Å². The van der Waals surface area contributed by atoms with E-state index in [2.05, 4.69) is 41.5 Å². The van der Waals surface area contributed by atoms with Crippen LogP contribution in [-0.2, 0) is 0 Å². The van der Waals surface area contributed by atoms with Crippen molar-refractivity contribution in [2.24, 2.45) is 5.41 Å². The lowest BCUT2D eigenvalue weighted by molar-refractivity contribution is 0.389. The molecule has 0 aliphatic rings. The van der Waals surface area contributed by atoms with Gasteiger partial charge in [0.25, 0.3) is 0 Å². The van der Waals surface area contributed by atoms with Crippen LogP contribution in [-0.4, -0.2) is 15.9 Å². The van der Waals surface area contributed by atoms with Crippen molar-refractivity contribution in [3.8, 4) is 0 Å². The fraction of sp³-hybridized carbons (Fsp3) is 0.462. The van der Waals surface area contributed by atoms with Crippen LogP contribution < -0.4 is 5.32 Å². The summed E-state index contributed by atoms with van der Waals surface area (Å²) in [5, 5.41) is 3.45. The molecule has 1 N–H and O–H groups in total. The summed E-state index contributed by atoms with van der Waals surface area (Å²) in [4.78, 5) is 4.26. The lowest BCUT2D eigenvalue weighted by atomic mass is 9.92. The Balaban J connectivity index is 2.07. The van der Waals surface area contributed by atoms with Crippen molar-refractivity contribution in [3.63, 3.8) is 0 Å². The lowest BCUT2D eigenvalue weighted by Gasteiger charge is -2.18. The molecule has 0 aliphatic carbocycles. The molecule has 0 unspecified atom stereocenters. The molecule has 2 aromatic heterocycles. The van der Waals surface area contributed by atoms with Crippen LogP contribution in [0.1, 0.15) is 27.2 Å². The van der Waals surface area contributed by atoms with Gasteiger partial charge in [-0.1, -0.05) is 26.8 Å². The van der Waals surface area contributed by atoms with Gasteiger partial charge >= 0.3 is 0 Å². The predicted molar refractivity (Wildman–Crippen MR) is 67.8 cm³/mol. The molecular weight excluding hydrogens is 198 g/mol. The maximum atomic E-state index is 4.26. The van der Waals surface area contributed by atoms with E-state index in [-0.39, 0.29) is 0 Å². The molecule has 86 valence electrons. The molecule has 2 heterocycles. The molecule has 0 saturated carbocycles. The largest absolute Gasteiger partial charge is 0.371 e. The normalized spacial score (nSPS) is 11.9. The molecule has 16 heavy (non-hydrogen) atoms. The first-order valence-corrected chi connectivity index (χ1v) is 5.72. The summed E-state index contributed by atoms with van der Waals surface area (Å²) in [7, 11) is 0. The summed E-state index contributed by atoms with van der Waals surface area (Å²) in [6.07, 6.45) is 4.96. The van der Waals surface area contributed by atoms with E-state index in [1.165, 1.54) is 0 Å². The molecule has 0 radical (unpaired) electrons. The Morgan fingerprint density at radius 3 is 2.88 bits per heavy atom. The van der Waals surface area contributed by atoms with Crippen LogP contribution in [0.5, 0.6) is 0 Å². The monoisotopic (exact) mass is 217 g/mol. The zero-order valence-electron chi connectivity index (χ0n) is 10.2. The Hall–Kier alpha value is -1.51. The van der Waals surface area contributed by atoms with Crippen molar-refractivity contribution >= 4 is 11.5 Å². The maximum Gasteiger partial charge on any atom is 0.138 e. The van der Waals surface area contributed by atoms with E-state index in [4.69, 9.17) is 0 Å². The highest BCUT2D eigenvalue weighted by Crippen LogP contribution is 2.18. The quantitative estimate of drug-likeness (QED) is 0.855. The molecule has 0 amide bonds. The molecule has 0 saturated heterocycles. The van der Waals surface area contributed by atoms with Crippen LogP contribution in [0.15, 0.2) is 30.6 Å². The topological polar surface area (TPSA) is 29.3 Å². The van der Waals surface area contributed by atoms with E-state index >= 15 is 0 Å². The minimum absolute atomic E-state index is 0.371. The minimum atomic E-state index is 0.371. The fourth-order valence-corrected chi connectivity index (χ4v) is 1.66. The van der Waals surface area contributed by atoms with Gasteiger partial charge in [0.15, 0.2) is 0 Å². The summed E-state index contributed by atoms with van der Waals surface area (Å²) >= 11 is 0. The van der Waals surface area contributed by atoms with Crippen LogP contribution in [0, 0.1) is 5.41 Å². The van der Waals surface area contributed by atoms with Crippen molar-refractivity contribution in [1.29, 1.82) is 0 Å². The maximum absolute atomic E-state index is 4.26. The highest BCUT2D eigenvalue weighted by molar-refractivity contribution is 5.49. The van der Waals surface area contributed by atoms with Gasteiger partial charge in [0.05, 0.1) is 0 Å². The van der Waals surface area contributed by atoms with E-state index in [1.54, 1.807) is 0 Å². The van der Waals surface area contributed by atoms with Gasteiger partial charge in [-0.25, -0.2) is 4.98 Å². The summed E-state index contributed by atoms with van der Waals surface area (Å²) in [6.45, 7) is 7.76. The number of anilines is 1. The van der Waals surface area contributed by atoms with Gasteiger partial charge in [-0.3, -0.25) is 4.40 Å². The third kappa shape index (κ3) is 2.54. The Morgan fingerprint density at radius 1 is 1.31 bits per heavy atom. The van der Waals surface area contributed by atoms with Crippen molar-refractivity contribution < 1.29 is 0 Å². The second kappa shape index (κ2) is 4.16. The van der Waals surface area contributed by atoms with Crippen LogP contribution in [0.4, 0.5) is 5.82 Å². The summed E-state index contributed by atoms with van der Waals surface area (Å²) in [5.74, 6) is 1.11. The Labute approximate surface area is 96.5 Å². The second-order valence-corrected chi connectivity index (χ2v) is 5.30. The van der Waals surface area contributed by atoms with Crippen molar-refractivity contribution in [2.45, 2.75) is 27.2 Å². The number of imidazole rings is 1. The van der Waals surface area contributed by atoms with Gasteiger partial charge in [-0.05, 0) is 24.0 Å². The minimum Gasteiger partial charge on any atom is -0.371 e. The zero-order chi connectivity index (χ0) is 11.6. The average Bonchev–Trinajstić information content (AvgIpc) is 2.64. The van der Waals surface area contributed by atoms with E-state index in [0.717, 1.165) is 24.4 Å². The molecule has 0 spiro atoms. The van der Waals surface area contributed by atoms with Gasteiger partial charge in [-0.2, -0.15) is 0 Å². The lowest BCUT2D eigenvalue weighted by Crippen LogP contribution is -2.14. The fourth-order valence-electron chi connectivity index (χ4n) is 1.66. The molecule has 0 aromatic carbocycles. The first kappa shape index (κ1) is 11.0. The Kier molecular flexibility index (Phi) is 2.86. The molecule has 0 aliphatic heterocycles. The average molecular weight is 217 g/mol. The zero-order valence-corrected chi connectivity index (χ0v) is 10.2. The number of aromatic nitrogens is 2. The molecular formula is C13H19N3. The molecule has 0 bridgehead atoms. The van der Waals surface area contributed by atoms with Gasteiger partial charge < -0.3 is 5.32 Å². The van der Waals surface area contributed by atoms with Crippen LogP contribution in [0.3, 0.4) is 0 Å². The van der Waals surface area contributed by atoms with Crippen LogP contribution in [0.25, 0.3) is 5.65 Å². The first-order valence-electron chi connectivity index (χ1n) is 5.72. The van der Waals surface area contributed by atoms with Crippen LogP contribution in [0.2, 0.25) is 0 Å². The predicted octanol–water partition coefficient (Wildman–Crippen LogP) is 3.18. The Morgan fingerprint density at radius 2 is 2.12 bits per heavy atom. The Bertz CT molecular complexity index is 465. The van der Waals surface area contributed by atoms with Crippen molar-refractivity contribution in [3.05, 3.63) is 30.6 Å². The summed E-state index contributed by atoms with van der Waals surface area (Å²) in [6, 6.07) is 6.12. The third-order valence-electron chi connectivity index (χ3n) is 2.61. The first-order chi connectivity index (χ1) is 7.56. The van der Waals surface area contributed by atoms with Crippen molar-refractivity contribution in [1.82, 2.24) is 9.38 Å². The standard InChI is InChI=1S/C13H19N3/c1-13(2,3)7-8-14-11-5-4-6-12-15-9-10-16(11)12/h4-6,9-10,14H,7-8H2,1-3H3. The number of hydrogen-bond donors (Lipinski definition) is 1. The van der Waals surface area contributed by atoms with Gasteiger partial charge in [0.1, 0.15) is 11.5 Å². The summed E-state index contributed by atoms with van der Waals surface area (Å²) in [5.41, 5.74) is 1.36. The molecule has 3 nitrogen and oxygen atoms in total. The number of hydrogen-bond acceptors (Lipinski definition) is 2.